The van der Waals surface area contributed by atoms with E-state index in [1.165, 1.54) is 10.4 Å². The van der Waals surface area contributed by atoms with Crippen LogP contribution in [0.1, 0.15) is 43.2 Å². The summed E-state index contributed by atoms with van der Waals surface area (Å²) in [6, 6.07) is 2.82. The Balaban J connectivity index is 2.31. The average Bonchev–Trinajstić information content (AvgIpc) is 2.97. The van der Waals surface area contributed by atoms with Crippen molar-refractivity contribution in [2.75, 3.05) is 13.2 Å². The van der Waals surface area contributed by atoms with Crippen molar-refractivity contribution < 1.29 is 5.11 Å². The summed E-state index contributed by atoms with van der Waals surface area (Å²) in [5.74, 6) is 0.553. The third kappa shape index (κ3) is 2.87. The number of hydrogen-bond donors (Lipinski definition) is 2. The quantitative estimate of drug-likeness (QED) is 0.872. The third-order valence-electron chi connectivity index (χ3n) is 4.52. The number of likely N-dealkylation sites (tertiary alicyclic amines) is 1. The van der Waals surface area contributed by atoms with Crippen LogP contribution in [-0.4, -0.2) is 35.2 Å². The Bertz CT molecular complexity index is 407. The van der Waals surface area contributed by atoms with Crippen LogP contribution in [0, 0.1) is 12.8 Å². The molecule has 3 nitrogen and oxygen atoms in total. The molecule has 0 bridgehead atoms. The molecule has 2 rings (SSSR count). The summed E-state index contributed by atoms with van der Waals surface area (Å²) in [5.41, 5.74) is 7.73. The van der Waals surface area contributed by atoms with E-state index >= 15 is 0 Å². The first-order valence-electron chi connectivity index (χ1n) is 7.26. The Morgan fingerprint density at radius 3 is 2.84 bits per heavy atom. The number of hydrogen-bond acceptors (Lipinski definition) is 4. The highest BCUT2D eigenvalue weighted by Crippen LogP contribution is 2.38. The van der Waals surface area contributed by atoms with Gasteiger partial charge in [-0.15, -0.1) is 11.3 Å². The van der Waals surface area contributed by atoms with E-state index in [0.29, 0.717) is 5.92 Å². The van der Waals surface area contributed by atoms with Gasteiger partial charge >= 0.3 is 0 Å². The van der Waals surface area contributed by atoms with Crippen molar-refractivity contribution in [2.45, 2.75) is 51.7 Å². The maximum atomic E-state index is 9.70. The zero-order valence-corrected chi connectivity index (χ0v) is 13.0. The normalized spacial score (nSPS) is 27.6. The molecule has 0 spiro atoms. The molecule has 1 aromatic heterocycles. The second kappa shape index (κ2) is 6.35. The number of rotatable bonds is 5. The van der Waals surface area contributed by atoms with Gasteiger partial charge in [-0.25, -0.2) is 0 Å². The summed E-state index contributed by atoms with van der Waals surface area (Å²) in [7, 11) is 0. The van der Waals surface area contributed by atoms with Crippen LogP contribution in [0.25, 0.3) is 0 Å². The maximum absolute atomic E-state index is 9.70. The second-order valence-corrected chi connectivity index (χ2v) is 6.69. The van der Waals surface area contributed by atoms with E-state index in [9.17, 15) is 5.11 Å². The summed E-state index contributed by atoms with van der Waals surface area (Å²) in [5, 5.41) is 11.8. The van der Waals surface area contributed by atoms with Crippen LogP contribution in [-0.2, 0) is 0 Å². The van der Waals surface area contributed by atoms with E-state index in [4.69, 9.17) is 5.73 Å². The molecule has 0 radical (unpaired) electrons. The van der Waals surface area contributed by atoms with Gasteiger partial charge in [0.05, 0.1) is 12.6 Å². The first kappa shape index (κ1) is 15.0. The minimum absolute atomic E-state index is 0.136. The van der Waals surface area contributed by atoms with Crippen LogP contribution in [0.3, 0.4) is 0 Å². The van der Waals surface area contributed by atoms with Gasteiger partial charge in [-0.05, 0) is 49.2 Å². The summed E-state index contributed by atoms with van der Waals surface area (Å²) < 4.78 is 0. The number of thiophene rings is 1. The number of nitrogens with two attached hydrogens (primary N) is 1. The van der Waals surface area contributed by atoms with Crippen molar-refractivity contribution in [1.29, 1.82) is 0 Å². The first-order chi connectivity index (χ1) is 9.10. The molecule has 4 unspecified atom stereocenters. The zero-order valence-electron chi connectivity index (χ0n) is 12.2. The molecule has 1 aliphatic heterocycles. The van der Waals surface area contributed by atoms with Crippen LogP contribution in [0.15, 0.2) is 11.4 Å². The van der Waals surface area contributed by atoms with E-state index < -0.39 is 0 Å². The number of aliphatic hydroxyl groups is 1. The van der Waals surface area contributed by atoms with Crippen molar-refractivity contribution in [3.8, 4) is 0 Å². The fraction of sp³-hybridized carbons (Fsp3) is 0.733. The Morgan fingerprint density at radius 2 is 2.32 bits per heavy atom. The first-order valence-corrected chi connectivity index (χ1v) is 8.14. The van der Waals surface area contributed by atoms with Crippen LogP contribution in [0.2, 0.25) is 0 Å². The highest BCUT2D eigenvalue weighted by Gasteiger charge is 2.38. The predicted octanol–water partition coefficient (Wildman–Crippen LogP) is 2.54. The minimum Gasteiger partial charge on any atom is -0.395 e. The monoisotopic (exact) mass is 282 g/mol. The number of nitrogens with zero attached hydrogens (tertiary/aromatic N) is 1. The highest BCUT2D eigenvalue weighted by molar-refractivity contribution is 7.10. The zero-order chi connectivity index (χ0) is 14.0. The van der Waals surface area contributed by atoms with Crippen molar-refractivity contribution >= 4 is 11.3 Å². The lowest BCUT2D eigenvalue weighted by atomic mass is 9.98. The van der Waals surface area contributed by atoms with Gasteiger partial charge in [-0.3, -0.25) is 4.90 Å². The standard InChI is InChI=1S/C15H26N2OS/c1-4-12(16)14(15-11(3)6-8-19-15)17-7-5-10(2)13(17)9-18/h6,8,10,12-14,18H,4-5,7,9,16H2,1-3H3. The molecule has 1 fully saturated rings. The molecular weight excluding hydrogens is 256 g/mol. The fourth-order valence-corrected chi connectivity index (χ4v) is 4.29. The van der Waals surface area contributed by atoms with Gasteiger partial charge in [-0.1, -0.05) is 13.8 Å². The van der Waals surface area contributed by atoms with Crippen LogP contribution in [0.4, 0.5) is 0 Å². The molecule has 2 heterocycles. The smallest absolute Gasteiger partial charge is 0.0599 e. The molecule has 108 valence electrons. The van der Waals surface area contributed by atoms with E-state index in [1.807, 2.05) is 0 Å². The minimum atomic E-state index is 0.136. The summed E-state index contributed by atoms with van der Waals surface area (Å²) in [6.07, 6.45) is 2.12. The molecule has 1 saturated heterocycles. The topological polar surface area (TPSA) is 49.5 Å². The molecular formula is C15H26N2OS. The second-order valence-electron chi connectivity index (χ2n) is 5.74. The van der Waals surface area contributed by atoms with Gasteiger partial charge in [0.25, 0.3) is 0 Å². The Labute approximate surface area is 120 Å². The molecule has 0 saturated carbocycles. The highest BCUT2D eigenvalue weighted by atomic mass is 32.1. The van der Waals surface area contributed by atoms with Crippen molar-refractivity contribution in [2.24, 2.45) is 11.7 Å². The lowest BCUT2D eigenvalue weighted by molar-refractivity contribution is 0.0906. The summed E-state index contributed by atoms with van der Waals surface area (Å²) in [4.78, 5) is 3.82. The van der Waals surface area contributed by atoms with Gasteiger partial charge < -0.3 is 10.8 Å². The Hall–Kier alpha value is -0.420. The van der Waals surface area contributed by atoms with Crippen LogP contribution < -0.4 is 5.73 Å². The Kier molecular flexibility index (Phi) is 5.01. The molecule has 3 N–H and O–H groups in total. The SMILES string of the molecule is CCC(N)C(c1sccc1C)N1CCC(C)C1CO. The summed E-state index contributed by atoms with van der Waals surface area (Å²) in [6.45, 7) is 7.82. The number of aryl methyl sites for hydroxylation is 1. The van der Waals surface area contributed by atoms with Crippen molar-refractivity contribution in [1.82, 2.24) is 4.90 Å². The van der Waals surface area contributed by atoms with Crippen molar-refractivity contribution in [3.63, 3.8) is 0 Å². The van der Waals surface area contributed by atoms with Gasteiger partial charge in [-0.2, -0.15) is 0 Å². The molecule has 0 aromatic carbocycles. The lowest BCUT2D eigenvalue weighted by Crippen LogP contribution is -2.45. The van der Waals surface area contributed by atoms with Gasteiger partial charge in [0.2, 0.25) is 0 Å². The molecule has 1 aromatic rings. The number of aliphatic hydroxyl groups excluding tert-OH is 1. The van der Waals surface area contributed by atoms with Gasteiger partial charge in [0.15, 0.2) is 0 Å². The van der Waals surface area contributed by atoms with Gasteiger partial charge in [0, 0.05) is 17.0 Å². The molecule has 1 aliphatic rings. The molecule has 4 heteroatoms. The van der Waals surface area contributed by atoms with Crippen LogP contribution in [0.5, 0.6) is 0 Å². The molecule has 0 aliphatic carbocycles. The van der Waals surface area contributed by atoms with Gasteiger partial charge in [0.1, 0.15) is 0 Å². The van der Waals surface area contributed by atoms with Crippen LogP contribution >= 0.6 is 11.3 Å². The van der Waals surface area contributed by atoms with E-state index in [2.05, 4.69) is 37.1 Å². The molecule has 0 amide bonds. The molecule has 19 heavy (non-hydrogen) atoms. The largest absolute Gasteiger partial charge is 0.395 e. The molecule has 4 atom stereocenters. The maximum Gasteiger partial charge on any atom is 0.0599 e. The lowest BCUT2D eigenvalue weighted by Gasteiger charge is -2.36. The van der Waals surface area contributed by atoms with E-state index in [-0.39, 0.29) is 24.7 Å². The van der Waals surface area contributed by atoms with E-state index in [0.717, 1.165) is 19.4 Å². The summed E-state index contributed by atoms with van der Waals surface area (Å²) >= 11 is 1.80. The van der Waals surface area contributed by atoms with Crippen molar-refractivity contribution in [3.05, 3.63) is 21.9 Å². The fourth-order valence-electron chi connectivity index (χ4n) is 3.17. The Morgan fingerprint density at radius 1 is 1.58 bits per heavy atom. The third-order valence-corrected chi connectivity index (χ3v) is 5.61. The average molecular weight is 282 g/mol. The predicted molar refractivity (Wildman–Crippen MR) is 81.4 cm³/mol. The van der Waals surface area contributed by atoms with E-state index in [1.54, 1.807) is 11.3 Å².